The number of rotatable bonds is 6. The van der Waals surface area contributed by atoms with Crippen LogP contribution in [0.1, 0.15) is 26.2 Å². The summed E-state index contributed by atoms with van der Waals surface area (Å²) in [6, 6.07) is 15.4. The van der Waals surface area contributed by atoms with Crippen LogP contribution in [-0.4, -0.2) is 41.1 Å². The molecule has 1 N–H and O–H groups in total. The molecule has 1 aliphatic heterocycles. The fourth-order valence-corrected chi connectivity index (χ4v) is 4.32. The fraction of sp³-hybridized carbons (Fsp3) is 0.391. The summed E-state index contributed by atoms with van der Waals surface area (Å²) in [5, 5.41) is 4.42. The molecule has 1 fully saturated rings. The van der Waals surface area contributed by atoms with E-state index in [2.05, 4.69) is 17.1 Å². The molecule has 5 heteroatoms. The number of fused-ring (bicyclic) bond motifs is 2. The Morgan fingerprint density at radius 1 is 1.00 bits per heavy atom. The summed E-state index contributed by atoms with van der Waals surface area (Å²) in [6.45, 7) is 5.31. The Balaban J connectivity index is 1.60. The van der Waals surface area contributed by atoms with Crippen LogP contribution in [0, 0.1) is 0 Å². The van der Waals surface area contributed by atoms with Crippen LogP contribution in [-0.2, 0) is 11.3 Å². The first-order chi connectivity index (χ1) is 13.7. The number of hydrogen-bond acceptors (Lipinski definition) is 3. The summed E-state index contributed by atoms with van der Waals surface area (Å²) in [7, 11) is 0. The normalized spacial score (nSPS) is 15.9. The molecule has 0 bridgehead atoms. The van der Waals surface area contributed by atoms with Gasteiger partial charge in [0.2, 0.25) is 5.91 Å². The van der Waals surface area contributed by atoms with Gasteiger partial charge in [-0.3, -0.25) is 14.5 Å². The molecule has 2 aromatic carbocycles. The lowest BCUT2D eigenvalue weighted by Gasteiger charge is -2.26. The maximum atomic E-state index is 12.8. The molecule has 0 radical (unpaired) electrons. The van der Waals surface area contributed by atoms with Crippen molar-refractivity contribution in [2.75, 3.05) is 19.6 Å². The Bertz CT molecular complexity index is 991. The Morgan fingerprint density at radius 3 is 2.14 bits per heavy atom. The lowest BCUT2D eigenvalue weighted by Crippen LogP contribution is -2.43. The Kier molecular flexibility index (Phi) is 5.44. The van der Waals surface area contributed by atoms with E-state index in [1.165, 1.54) is 12.8 Å². The first-order valence-electron chi connectivity index (χ1n) is 10.2. The summed E-state index contributed by atoms with van der Waals surface area (Å²) in [5.41, 5.74) is 1.61. The zero-order valence-corrected chi connectivity index (χ0v) is 16.4. The van der Waals surface area contributed by atoms with Crippen LogP contribution in [0.3, 0.4) is 0 Å². The van der Waals surface area contributed by atoms with Gasteiger partial charge >= 0.3 is 0 Å². The summed E-state index contributed by atoms with van der Waals surface area (Å²) in [6.07, 6.45) is 3.53. The van der Waals surface area contributed by atoms with Crippen molar-refractivity contribution >= 4 is 27.7 Å². The first-order valence-corrected chi connectivity index (χ1v) is 10.2. The zero-order valence-electron chi connectivity index (χ0n) is 16.4. The minimum Gasteiger partial charge on any atom is -0.353 e. The molecule has 0 saturated carbocycles. The van der Waals surface area contributed by atoms with Crippen molar-refractivity contribution < 1.29 is 4.79 Å². The van der Waals surface area contributed by atoms with Gasteiger partial charge in [0.15, 0.2) is 5.43 Å². The number of carbonyl (C=O) groups is 1. The molecule has 4 rings (SSSR count). The second-order valence-corrected chi connectivity index (χ2v) is 7.56. The van der Waals surface area contributed by atoms with Crippen LogP contribution in [0.15, 0.2) is 53.3 Å². The predicted octanol–water partition coefficient (Wildman–Crippen LogP) is 3.15. The predicted molar refractivity (Wildman–Crippen MR) is 114 cm³/mol. The van der Waals surface area contributed by atoms with Gasteiger partial charge in [0.05, 0.1) is 11.0 Å². The molecular formula is C23H27N3O2. The lowest BCUT2D eigenvalue weighted by atomic mass is 10.1. The third-order valence-electron chi connectivity index (χ3n) is 5.84. The van der Waals surface area contributed by atoms with E-state index in [-0.39, 0.29) is 17.9 Å². The van der Waals surface area contributed by atoms with E-state index in [4.69, 9.17) is 0 Å². The molecule has 0 spiro atoms. The average Bonchev–Trinajstić information content (AvgIpc) is 3.26. The highest BCUT2D eigenvalue weighted by atomic mass is 16.2. The molecule has 0 aliphatic carbocycles. The number of pyridine rings is 1. The Morgan fingerprint density at radius 2 is 1.57 bits per heavy atom. The summed E-state index contributed by atoms with van der Waals surface area (Å²) < 4.78 is 1.96. The van der Waals surface area contributed by atoms with Gasteiger partial charge in [-0.2, -0.15) is 0 Å². The highest BCUT2D eigenvalue weighted by Crippen LogP contribution is 2.19. The van der Waals surface area contributed by atoms with Crippen LogP contribution < -0.4 is 10.7 Å². The van der Waals surface area contributed by atoms with E-state index in [1.807, 2.05) is 53.1 Å². The molecule has 1 aromatic heterocycles. The van der Waals surface area contributed by atoms with Gasteiger partial charge in [0.1, 0.15) is 6.54 Å². The van der Waals surface area contributed by atoms with E-state index in [0.29, 0.717) is 23.4 Å². The summed E-state index contributed by atoms with van der Waals surface area (Å²) >= 11 is 0. The van der Waals surface area contributed by atoms with Crippen molar-refractivity contribution in [1.29, 1.82) is 0 Å². The minimum atomic E-state index is -0.0170. The molecular weight excluding hydrogens is 350 g/mol. The molecule has 28 heavy (non-hydrogen) atoms. The number of hydrogen-bond donors (Lipinski definition) is 1. The highest BCUT2D eigenvalue weighted by molar-refractivity contribution is 5.94. The van der Waals surface area contributed by atoms with Crippen LogP contribution in [0.4, 0.5) is 0 Å². The van der Waals surface area contributed by atoms with Crippen LogP contribution in [0.25, 0.3) is 21.8 Å². The maximum Gasteiger partial charge on any atom is 0.240 e. The van der Waals surface area contributed by atoms with Gasteiger partial charge in [-0.1, -0.05) is 31.2 Å². The van der Waals surface area contributed by atoms with Gasteiger partial charge in [-0.25, -0.2) is 0 Å². The van der Waals surface area contributed by atoms with Crippen molar-refractivity contribution in [2.24, 2.45) is 0 Å². The van der Waals surface area contributed by atoms with Gasteiger partial charge in [0, 0.05) is 23.4 Å². The maximum absolute atomic E-state index is 12.8. The molecule has 1 saturated heterocycles. The summed E-state index contributed by atoms with van der Waals surface area (Å²) in [5.74, 6) is -0.0170. The monoisotopic (exact) mass is 377 g/mol. The van der Waals surface area contributed by atoms with Crippen LogP contribution >= 0.6 is 0 Å². The first kappa shape index (κ1) is 18.7. The second kappa shape index (κ2) is 8.15. The SMILES string of the molecule is CCC(CNC(=O)Cn1c2ccccc2c(=O)c2ccccc21)N1CCCC1. The third-order valence-corrected chi connectivity index (χ3v) is 5.84. The number of nitrogens with zero attached hydrogens (tertiary/aromatic N) is 2. The largest absolute Gasteiger partial charge is 0.353 e. The number of aromatic nitrogens is 1. The topological polar surface area (TPSA) is 54.3 Å². The standard InChI is InChI=1S/C23H27N3O2/c1-2-17(25-13-7-8-14-25)15-24-22(27)16-26-20-11-5-3-9-18(20)23(28)19-10-4-6-12-21(19)26/h3-6,9-12,17H,2,7-8,13-16H2,1H3,(H,24,27). The third kappa shape index (κ3) is 3.54. The van der Waals surface area contributed by atoms with Crippen molar-refractivity contribution in [1.82, 2.24) is 14.8 Å². The number of carbonyl (C=O) groups excluding carboxylic acids is 1. The zero-order chi connectivity index (χ0) is 19.5. The quantitative estimate of drug-likeness (QED) is 0.672. The number of amides is 1. The number of nitrogens with one attached hydrogen (secondary N) is 1. The second-order valence-electron chi connectivity index (χ2n) is 7.56. The van der Waals surface area contributed by atoms with Gasteiger partial charge in [-0.15, -0.1) is 0 Å². The highest BCUT2D eigenvalue weighted by Gasteiger charge is 2.21. The van der Waals surface area contributed by atoms with Crippen molar-refractivity contribution in [2.45, 2.75) is 38.8 Å². The molecule has 1 unspecified atom stereocenters. The number of benzene rings is 2. The van der Waals surface area contributed by atoms with Crippen molar-refractivity contribution in [3.63, 3.8) is 0 Å². The van der Waals surface area contributed by atoms with E-state index >= 15 is 0 Å². The van der Waals surface area contributed by atoms with Crippen LogP contribution in [0.2, 0.25) is 0 Å². The average molecular weight is 377 g/mol. The van der Waals surface area contributed by atoms with Crippen molar-refractivity contribution in [3.8, 4) is 0 Å². The fourth-order valence-electron chi connectivity index (χ4n) is 4.32. The van der Waals surface area contributed by atoms with Gasteiger partial charge < -0.3 is 9.88 Å². The van der Waals surface area contributed by atoms with Crippen LogP contribution in [0.5, 0.6) is 0 Å². The molecule has 1 aliphatic rings. The Hall–Kier alpha value is -2.66. The van der Waals surface area contributed by atoms with E-state index in [9.17, 15) is 9.59 Å². The molecule has 5 nitrogen and oxygen atoms in total. The van der Waals surface area contributed by atoms with E-state index in [0.717, 1.165) is 30.5 Å². The minimum absolute atomic E-state index is 0.0166. The van der Waals surface area contributed by atoms with E-state index < -0.39 is 0 Å². The molecule has 146 valence electrons. The van der Waals surface area contributed by atoms with Gasteiger partial charge in [-0.05, 0) is 56.6 Å². The number of para-hydroxylation sites is 2. The number of likely N-dealkylation sites (tertiary alicyclic amines) is 1. The molecule has 3 aromatic rings. The smallest absolute Gasteiger partial charge is 0.240 e. The van der Waals surface area contributed by atoms with Crippen molar-refractivity contribution in [3.05, 3.63) is 58.8 Å². The van der Waals surface area contributed by atoms with E-state index in [1.54, 1.807) is 0 Å². The van der Waals surface area contributed by atoms with Gasteiger partial charge in [0.25, 0.3) is 0 Å². The summed E-state index contributed by atoms with van der Waals surface area (Å²) in [4.78, 5) is 28.1. The lowest BCUT2D eigenvalue weighted by molar-refractivity contribution is -0.121. The Labute approximate surface area is 165 Å². The molecule has 1 atom stereocenters. The molecule has 2 heterocycles. The molecule has 1 amide bonds.